The van der Waals surface area contributed by atoms with Crippen LogP contribution in [-0.4, -0.2) is 30.3 Å². The highest BCUT2D eigenvalue weighted by Gasteiger charge is 2.16. The number of carboxylic acids is 1. The monoisotopic (exact) mass is 401 g/mol. The van der Waals surface area contributed by atoms with Gasteiger partial charge in [-0.2, -0.15) is 0 Å². The van der Waals surface area contributed by atoms with Crippen LogP contribution in [0.15, 0.2) is 40.9 Å². The number of halogens is 1. The van der Waals surface area contributed by atoms with Crippen LogP contribution in [0.1, 0.15) is 15.9 Å². The standard InChI is InChI=1S/C19H16BrNO4/c1-10-4-5-15-12(6-10)13(19(22)23)9-16(21-15)11-7-14(20)18(25-3)17(8-11)24-2/h4-9H,1-3H3,(H,22,23). The zero-order valence-electron chi connectivity index (χ0n) is 14.0. The van der Waals surface area contributed by atoms with E-state index in [4.69, 9.17) is 9.47 Å². The van der Waals surface area contributed by atoms with Gasteiger partial charge in [0.1, 0.15) is 0 Å². The lowest BCUT2D eigenvalue weighted by Crippen LogP contribution is -2.01. The van der Waals surface area contributed by atoms with Crippen molar-refractivity contribution >= 4 is 32.8 Å². The Labute approximate surface area is 153 Å². The lowest BCUT2D eigenvalue weighted by atomic mass is 10.0. The summed E-state index contributed by atoms with van der Waals surface area (Å²) in [7, 11) is 3.11. The predicted molar refractivity (Wildman–Crippen MR) is 99.7 cm³/mol. The smallest absolute Gasteiger partial charge is 0.336 e. The van der Waals surface area contributed by atoms with Gasteiger partial charge in [-0.3, -0.25) is 0 Å². The third-order valence-electron chi connectivity index (χ3n) is 3.92. The molecular weight excluding hydrogens is 386 g/mol. The average Bonchev–Trinajstić information content (AvgIpc) is 2.59. The van der Waals surface area contributed by atoms with Gasteiger partial charge < -0.3 is 14.6 Å². The molecule has 5 nitrogen and oxygen atoms in total. The quantitative estimate of drug-likeness (QED) is 0.686. The maximum absolute atomic E-state index is 11.7. The highest BCUT2D eigenvalue weighted by Crippen LogP contribution is 2.39. The fraction of sp³-hybridized carbons (Fsp3) is 0.158. The second-order valence-electron chi connectivity index (χ2n) is 5.57. The molecule has 0 fully saturated rings. The van der Waals surface area contributed by atoms with Gasteiger partial charge in [-0.05, 0) is 53.2 Å². The van der Waals surface area contributed by atoms with Crippen molar-refractivity contribution in [3.05, 3.63) is 52.0 Å². The summed E-state index contributed by atoms with van der Waals surface area (Å²) in [4.78, 5) is 16.3. The maximum Gasteiger partial charge on any atom is 0.336 e. The highest BCUT2D eigenvalue weighted by atomic mass is 79.9. The average molecular weight is 402 g/mol. The molecule has 0 amide bonds. The molecule has 0 aliphatic rings. The number of carbonyl (C=O) groups is 1. The lowest BCUT2D eigenvalue weighted by molar-refractivity contribution is 0.0699. The van der Waals surface area contributed by atoms with Crippen molar-refractivity contribution in [1.82, 2.24) is 4.98 Å². The van der Waals surface area contributed by atoms with E-state index < -0.39 is 5.97 Å². The van der Waals surface area contributed by atoms with Crippen molar-refractivity contribution in [3.8, 4) is 22.8 Å². The molecule has 0 spiro atoms. The normalized spacial score (nSPS) is 10.7. The van der Waals surface area contributed by atoms with Crippen LogP contribution in [0.25, 0.3) is 22.2 Å². The molecule has 0 saturated carbocycles. The van der Waals surface area contributed by atoms with Gasteiger partial charge in [0.25, 0.3) is 0 Å². The Kier molecular flexibility index (Phi) is 4.63. The van der Waals surface area contributed by atoms with E-state index >= 15 is 0 Å². The van der Waals surface area contributed by atoms with E-state index in [1.807, 2.05) is 31.2 Å². The van der Waals surface area contributed by atoms with E-state index in [-0.39, 0.29) is 5.56 Å². The molecule has 128 valence electrons. The maximum atomic E-state index is 11.7. The van der Waals surface area contributed by atoms with E-state index in [1.54, 1.807) is 26.4 Å². The van der Waals surface area contributed by atoms with E-state index in [2.05, 4.69) is 20.9 Å². The number of hydrogen-bond acceptors (Lipinski definition) is 4. The Balaban J connectivity index is 2.28. The van der Waals surface area contributed by atoms with Crippen LogP contribution >= 0.6 is 15.9 Å². The fourth-order valence-electron chi connectivity index (χ4n) is 2.73. The Morgan fingerprint density at radius 3 is 2.52 bits per heavy atom. The summed E-state index contributed by atoms with van der Waals surface area (Å²) in [5.41, 5.74) is 3.12. The third kappa shape index (κ3) is 3.17. The van der Waals surface area contributed by atoms with Gasteiger partial charge in [0.2, 0.25) is 0 Å². The van der Waals surface area contributed by atoms with Gasteiger partial charge in [0, 0.05) is 10.9 Å². The van der Waals surface area contributed by atoms with Gasteiger partial charge in [-0.15, -0.1) is 0 Å². The summed E-state index contributed by atoms with van der Waals surface area (Å²) in [6.45, 7) is 1.92. The van der Waals surface area contributed by atoms with Crippen LogP contribution in [0.4, 0.5) is 0 Å². The molecule has 6 heteroatoms. The number of pyridine rings is 1. The summed E-state index contributed by atoms with van der Waals surface area (Å²) in [5.74, 6) is 0.120. The SMILES string of the molecule is COc1cc(-c2cc(C(=O)O)c3cc(C)ccc3n2)cc(Br)c1OC. The number of hydrogen-bond donors (Lipinski definition) is 1. The van der Waals surface area contributed by atoms with E-state index in [0.717, 1.165) is 11.1 Å². The molecule has 0 aliphatic heterocycles. The van der Waals surface area contributed by atoms with Crippen molar-refractivity contribution in [2.45, 2.75) is 6.92 Å². The second kappa shape index (κ2) is 6.72. The molecule has 3 aromatic rings. The molecular formula is C19H16BrNO4. The molecule has 2 aromatic carbocycles. The molecule has 25 heavy (non-hydrogen) atoms. The zero-order chi connectivity index (χ0) is 18.1. The first-order valence-corrected chi connectivity index (χ1v) is 8.30. The molecule has 3 rings (SSSR count). The molecule has 1 aromatic heterocycles. The minimum atomic E-state index is -0.987. The topological polar surface area (TPSA) is 68.7 Å². The van der Waals surface area contributed by atoms with Crippen LogP contribution in [-0.2, 0) is 0 Å². The Bertz CT molecular complexity index is 985. The molecule has 0 aliphatic carbocycles. The summed E-state index contributed by atoms with van der Waals surface area (Å²) >= 11 is 3.45. The second-order valence-corrected chi connectivity index (χ2v) is 6.43. The molecule has 0 bridgehead atoms. The number of aromatic carboxylic acids is 1. The Morgan fingerprint density at radius 2 is 1.88 bits per heavy atom. The number of rotatable bonds is 4. The number of carboxylic acid groups (broad SMARTS) is 1. The highest BCUT2D eigenvalue weighted by molar-refractivity contribution is 9.10. The third-order valence-corrected chi connectivity index (χ3v) is 4.51. The number of aryl methyl sites for hydroxylation is 1. The van der Waals surface area contributed by atoms with Crippen LogP contribution < -0.4 is 9.47 Å². The Hall–Kier alpha value is -2.60. The van der Waals surface area contributed by atoms with Crippen molar-refractivity contribution in [2.24, 2.45) is 0 Å². The van der Waals surface area contributed by atoms with Gasteiger partial charge in [0.05, 0.1) is 35.5 Å². The first-order valence-electron chi connectivity index (χ1n) is 7.51. The van der Waals surface area contributed by atoms with Crippen LogP contribution in [0.2, 0.25) is 0 Å². The summed E-state index contributed by atoms with van der Waals surface area (Å²) < 4.78 is 11.4. The first-order chi connectivity index (χ1) is 11.9. The van der Waals surface area contributed by atoms with Gasteiger partial charge in [-0.25, -0.2) is 9.78 Å². The van der Waals surface area contributed by atoms with E-state index in [9.17, 15) is 9.90 Å². The molecule has 1 heterocycles. The summed E-state index contributed by atoms with van der Waals surface area (Å²) in [6, 6.07) is 10.8. The minimum absolute atomic E-state index is 0.217. The number of ether oxygens (including phenoxy) is 2. The number of fused-ring (bicyclic) bond motifs is 1. The first kappa shape index (κ1) is 17.2. The number of methoxy groups -OCH3 is 2. The molecule has 0 saturated heterocycles. The molecule has 1 N–H and O–H groups in total. The van der Waals surface area contributed by atoms with Gasteiger partial charge in [-0.1, -0.05) is 11.6 Å². The molecule has 0 atom stereocenters. The van der Waals surface area contributed by atoms with Crippen molar-refractivity contribution in [3.63, 3.8) is 0 Å². The van der Waals surface area contributed by atoms with Crippen molar-refractivity contribution in [2.75, 3.05) is 14.2 Å². The van der Waals surface area contributed by atoms with E-state index in [0.29, 0.717) is 32.6 Å². The lowest BCUT2D eigenvalue weighted by Gasteiger charge is -2.13. The van der Waals surface area contributed by atoms with Crippen LogP contribution in [0.3, 0.4) is 0 Å². The van der Waals surface area contributed by atoms with Gasteiger partial charge in [0.15, 0.2) is 11.5 Å². The van der Waals surface area contributed by atoms with Crippen molar-refractivity contribution in [1.29, 1.82) is 0 Å². The molecule has 0 radical (unpaired) electrons. The summed E-state index contributed by atoms with van der Waals surface area (Å²) in [5, 5.41) is 10.2. The Morgan fingerprint density at radius 1 is 1.12 bits per heavy atom. The summed E-state index contributed by atoms with van der Waals surface area (Å²) in [6.07, 6.45) is 0. The predicted octanol–water partition coefficient (Wildman–Crippen LogP) is 4.69. The number of benzene rings is 2. The number of nitrogens with zero attached hydrogens (tertiary/aromatic N) is 1. The zero-order valence-corrected chi connectivity index (χ0v) is 15.5. The fourth-order valence-corrected chi connectivity index (χ4v) is 3.33. The van der Waals surface area contributed by atoms with E-state index in [1.165, 1.54) is 0 Å². The molecule has 0 unspecified atom stereocenters. The largest absolute Gasteiger partial charge is 0.493 e. The van der Waals surface area contributed by atoms with Crippen molar-refractivity contribution < 1.29 is 19.4 Å². The number of aromatic nitrogens is 1. The minimum Gasteiger partial charge on any atom is -0.493 e. The van der Waals surface area contributed by atoms with Gasteiger partial charge >= 0.3 is 5.97 Å². The van der Waals surface area contributed by atoms with Crippen LogP contribution in [0, 0.1) is 6.92 Å². The van der Waals surface area contributed by atoms with Crippen LogP contribution in [0.5, 0.6) is 11.5 Å².